The normalized spacial score (nSPS) is 13.4. The van der Waals surface area contributed by atoms with Crippen LogP contribution in [0.4, 0.5) is 13.2 Å². The van der Waals surface area contributed by atoms with Gasteiger partial charge in [0.1, 0.15) is 5.75 Å². The van der Waals surface area contributed by atoms with Gasteiger partial charge in [-0.25, -0.2) is 13.6 Å². The van der Waals surface area contributed by atoms with Gasteiger partial charge in [-0.05, 0) is 41.8 Å². The number of hydrogen-bond acceptors (Lipinski definition) is 4. The number of halogens is 3. The van der Waals surface area contributed by atoms with Gasteiger partial charge in [-0.2, -0.15) is 13.2 Å². The fraction of sp³-hybridized carbons (Fsp3) is 0.333. The van der Waals surface area contributed by atoms with Crippen molar-refractivity contribution in [1.82, 2.24) is 5.32 Å². The lowest BCUT2D eigenvalue weighted by Gasteiger charge is -2.18. The predicted molar refractivity (Wildman–Crippen MR) is 95.7 cm³/mol. The van der Waals surface area contributed by atoms with Gasteiger partial charge in [-0.1, -0.05) is 31.2 Å². The van der Waals surface area contributed by atoms with Gasteiger partial charge in [0.25, 0.3) is 0 Å². The summed E-state index contributed by atoms with van der Waals surface area (Å²) in [6.45, 7) is 1.08. The molecule has 148 valence electrons. The number of ether oxygens (including phenoxy) is 1. The van der Waals surface area contributed by atoms with E-state index in [2.05, 4.69) is 10.1 Å². The third-order valence-electron chi connectivity index (χ3n) is 3.88. The molecule has 0 aromatic heterocycles. The Kier molecular flexibility index (Phi) is 6.85. The van der Waals surface area contributed by atoms with Crippen LogP contribution in [0.25, 0.3) is 0 Å². The molecule has 1 atom stereocenters. The van der Waals surface area contributed by atoms with E-state index in [0.29, 0.717) is 13.0 Å². The van der Waals surface area contributed by atoms with Gasteiger partial charge in [0.2, 0.25) is 10.0 Å². The molecule has 0 spiro atoms. The molecule has 5 nitrogen and oxygen atoms in total. The number of rotatable bonds is 8. The van der Waals surface area contributed by atoms with Crippen molar-refractivity contribution in [2.45, 2.75) is 37.0 Å². The van der Waals surface area contributed by atoms with Crippen LogP contribution in [0.3, 0.4) is 0 Å². The van der Waals surface area contributed by atoms with Gasteiger partial charge in [-0.3, -0.25) is 0 Å². The highest BCUT2D eigenvalue weighted by atomic mass is 32.2. The van der Waals surface area contributed by atoms with Crippen LogP contribution in [0.15, 0.2) is 53.4 Å². The highest BCUT2D eigenvalue weighted by Crippen LogP contribution is 2.22. The molecule has 9 heteroatoms. The summed E-state index contributed by atoms with van der Waals surface area (Å²) < 4.78 is 64.1. The quantitative estimate of drug-likeness (QED) is 0.708. The number of benzene rings is 2. The number of hydrogen-bond donors (Lipinski definition) is 2. The minimum atomic E-state index is -4.37. The fourth-order valence-electron chi connectivity index (χ4n) is 2.52. The van der Waals surface area contributed by atoms with Crippen molar-refractivity contribution in [2.75, 3.05) is 6.61 Å². The third-order valence-corrected chi connectivity index (χ3v) is 4.79. The zero-order chi connectivity index (χ0) is 20.1. The Balaban J connectivity index is 2.00. The van der Waals surface area contributed by atoms with Crippen molar-refractivity contribution in [3.63, 3.8) is 0 Å². The van der Waals surface area contributed by atoms with Gasteiger partial charge >= 0.3 is 6.18 Å². The van der Waals surface area contributed by atoms with Crippen molar-refractivity contribution in [3.05, 3.63) is 59.7 Å². The van der Waals surface area contributed by atoms with Crippen LogP contribution in [0.2, 0.25) is 0 Å². The third kappa shape index (κ3) is 6.85. The molecular formula is C18H21F3N2O3S. The van der Waals surface area contributed by atoms with Crippen LogP contribution < -0.4 is 15.2 Å². The maximum absolute atomic E-state index is 12.2. The number of alkyl halides is 3. The molecule has 0 aliphatic rings. The number of nitrogens with two attached hydrogens (primary N) is 1. The average Bonchev–Trinajstić information content (AvgIpc) is 2.60. The average molecular weight is 402 g/mol. The molecule has 1 unspecified atom stereocenters. The van der Waals surface area contributed by atoms with E-state index in [1.807, 2.05) is 13.0 Å². The maximum atomic E-state index is 12.2. The monoisotopic (exact) mass is 402 g/mol. The van der Waals surface area contributed by atoms with E-state index < -0.39 is 22.8 Å². The summed E-state index contributed by atoms with van der Waals surface area (Å²) in [5.74, 6) is 0.143. The molecule has 2 rings (SSSR count). The summed E-state index contributed by atoms with van der Waals surface area (Å²) >= 11 is 0. The van der Waals surface area contributed by atoms with E-state index in [4.69, 9.17) is 5.14 Å². The molecule has 3 N–H and O–H groups in total. The first kappa shape index (κ1) is 21.2. The van der Waals surface area contributed by atoms with E-state index in [1.165, 1.54) is 24.3 Å². The van der Waals surface area contributed by atoms with Crippen molar-refractivity contribution < 1.29 is 26.3 Å². The summed E-state index contributed by atoms with van der Waals surface area (Å²) in [5, 5.41) is 8.47. The smallest absolute Gasteiger partial charge is 0.422 e. The molecule has 0 radical (unpaired) electrons. The Morgan fingerprint density at radius 2 is 1.81 bits per heavy atom. The minimum absolute atomic E-state index is 0.0476. The lowest BCUT2D eigenvalue weighted by molar-refractivity contribution is -0.153. The molecule has 0 bridgehead atoms. The molecule has 0 fully saturated rings. The Morgan fingerprint density at radius 1 is 1.15 bits per heavy atom. The first-order chi connectivity index (χ1) is 12.6. The Morgan fingerprint density at radius 3 is 2.37 bits per heavy atom. The van der Waals surface area contributed by atoms with Crippen LogP contribution in [0, 0.1) is 0 Å². The molecule has 0 heterocycles. The number of primary sulfonamides is 1. The molecule has 0 saturated heterocycles. The lowest BCUT2D eigenvalue weighted by atomic mass is 10.0. The van der Waals surface area contributed by atoms with Crippen molar-refractivity contribution in [3.8, 4) is 5.75 Å². The second-order valence-electron chi connectivity index (χ2n) is 6.01. The summed E-state index contributed by atoms with van der Waals surface area (Å²) in [6, 6.07) is 12.6. The van der Waals surface area contributed by atoms with Crippen LogP contribution in [-0.4, -0.2) is 21.2 Å². The standard InChI is InChI=1S/C18H21F3N2O3S/c1-2-17(14-4-3-5-16(10-14)27(22,24)25)23-11-13-6-8-15(9-7-13)26-12-18(19,20)21/h3-10,17,23H,2,11-12H2,1H3,(H2,22,24,25). The van der Waals surface area contributed by atoms with E-state index in [1.54, 1.807) is 18.2 Å². The molecule has 0 aliphatic carbocycles. The van der Waals surface area contributed by atoms with Crippen LogP contribution in [-0.2, 0) is 16.6 Å². The van der Waals surface area contributed by atoms with Gasteiger partial charge in [0.05, 0.1) is 4.90 Å². The summed E-state index contributed by atoms with van der Waals surface area (Å²) in [4.78, 5) is 0.0476. The van der Waals surface area contributed by atoms with E-state index in [0.717, 1.165) is 11.1 Å². The molecule has 2 aromatic rings. The Hall–Kier alpha value is -2.10. The van der Waals surface area contributed by atoms with Crippen molar-refractivity contribution >= 4 is 10.0 Å². The summed E-state index contributed by atoms with van der Waals surface area (Å²) in [7, 11) is -3.78. The number of sulfonamides is 1. The van der Waals surface area contributed by atoms with Crippen LogP contribution >= 0.6 is 0 Å². The van der Waals surface area contributed by atoms with Crippen LogP contribution in [0.5, 0.6) is 5.75 Å². The predicted octanol–water partition coefficient (Wildman–Crippen LogP) is 3.52. The molecule has 27 heavy (non-hydrogen) atoms. The highest BCUT2D eigenvalue weighted by molar-refractivity contribution is 7.89. The first-order valence-corrected chi connectivity index (χ1v) is 9.78. The molecule has 0 saturated carbocycles. The lowest BCUT2D eigenvalue weighted by Crippen LogP contribution is -2.21. The van der Waals surface area contributed by atoms with Crippen molar-refractivity contribution in [2.24, 2.45) is 5.14 Å². The zero-order valence-electron chi connectivity index (χ0n) is 14.7. The second kappa shape index (κ2) is 8.73. The number of nitrogens with one attached hydrogen (secondary N) is 1. The van der Waals surface area contributed by atoms with Crippen molar-refractivity contribution in [1.29, 1.82) is 0 Å². The van der Waals surface area contributed by atoms with E-state index >= 15 is 0 Å². The summed E-state index contributed by atoms with van der Waals surface area (Å²) in [6.07, 6.45) is -3.67. The van der Waals surface area contributed by atoms with Gasteiger partial charge in [0.15, 0.2) is 6.61 Å². The molecule has 0 aliphatic heterocycles. The highest BCUT2D eigenvalue weighted by Gasteiger charge is 2.28. The Labute approximate surface area is 156 Å². The second-order valence-corrected chi connectivity index (χ2v) is 7.57. The van der Waals surface area contributed by atoms with E-state index in [-0.39, 0.29) is 16.7 Å². The molecular weight excluding hydrogens is 381 g/mol. The molecule has 2 aromatic carbocycles. The first-order valence-electron chi connectivity index (χ1n) is 8.23. The van der Waals surface area contributed by atoms with Gasteiger partial charge in [0, 0.05) is 12.6 Å². The summed E-state index contributed by atoms with van der Waals surface area (Å²) in [5.41, 5.74) is 1.64. The van der Waals surface area contributed by atoms with E-state index in [9.17, 15) is 21.6 Å². The van der Waals surface area contributed by atoms with Gasteiger partial charge < -0.3 is 10.1 Å². The fourth-order valence-corrected chi connectivity index (χ4v) is 3.08. The zero-order valence-corrected chi connectivity index (χ0v) is 15.5. The largest absolute Gasteiger partial charge is 0.484 e. The van der Waals surface area contributed by atoms with Gasteiger partial charge in [-0.15, -0.1) is 0 Å². The SMILES string of the molecule is CCC(NCc1ccc(OCC(F)(F)F)cc1)c1cccc(S(N)(=O)=O)c1. The topological polar surface area (TPSA) is 81.4 Å². The van der Waals surface area contributed by atoms with Crippen LogP contribution in [0.1, 0.15) is 30.5 Å². The Bertz CT molecular complexity index is 853. The maximum Gasteiger partial charge on any atom is 0.422 e. The minimum Gasteiger partial charge on any atom is -0.484 e. The molecule has 0 amide bonds.